The molecule has 1 aliphatic rings. The van der Waals surface area contributed by atoms with Gasteiger partial charge in [-0.2, -0.15) is 13.2 Å². The van der Waals surface area contributed by atoms with E-state index in [-0.39, 0.29) is 23.6 Å². The van der Waals surface area contributed by atoms with Crippen LogP contribution in [0.1, 0.15) is 32.6 Å². The molecule has 26 heavy (non-hydrogen) atoms. The number of hydrogen-bond acceptors (Lipinski definition) is 4. The Morgan fingerprint density at radius 3 is 2.50 bits per heavy atom. The smallest absolute Gasteiger partial charge is 0.390 e. The van der Waals surface area contributed by atoms with Crippen LogP contribution in [0.3, 0.4) is 0 Å². The molecular weight excluding hydrogens is 353 g/mol. The zero-order chi connectivity index (χ0) is 19.3. The zero-order valence-corrected chi connectivity index (χ0v) is 14.6. The number of hydrogen-bond donors (Lipinski definition) is 1. The highest BCUT2D eigenvalue weighted by molar-refractivity contribution is 5.69. The summed E-state index contributed by atoms with van der Waals surface area (Å²) in [6, 6.07) is 0. The van der Waals surface area contributed by atoms with Crippen LogP contribution in [0, 0.1) is 5.92 Å². The average Bonchev–Trinajstić information content (AvgIpc) is 2.93. The molecular formula is C16H21F3N4O3. The lowest BCUT2D eigenvalue weighted by atomic mass is 9.80. The Balaban J connectivity index is 2.02. The monoisotopic (exact) mass is 374 g/mol. The molecule has 1 saturated carbocycles. The maximum atomic E-state index is 12.8. The molecule has 0 aliphatic heterocycles. The van der Waals surface area contributed by atoms with E-state index in [0.717, 1.165) is 20.0 Å². The number of alkyl halides is 3. The third-order valence-electron chi connectivity index (χ3n) is 5.07. The van der Waals surface area contributed by atoms with Crippen LogP contribution in [0.2, 0.25) is 0 Å². The molecule has 1 fully saturated rings. The number of aryl methyl sites for hydroxylation is 1. The van der Waals surface area contributed by atoms with Gasteiger partial charge in [-0.15, -0.1) is 0 Å². The lowest BCUT2D eigenvalue weighted by molar-refractivity contribution is -0.140. The first kappa shape index (κ1) is 18.7. The Morgan fingerprint density at radius 1 is 1.31 bits per heavy atom. The summed E-state index contributed by atoms with van der Waals surface area (Å²) in [5.41, 5.74) is -2.40. The molecule has 0 unspecified atom stereocenters. The first-order valence-corrected chi connectivity index (χ1v) is 8.42. The van der Waals surface area contributed by atoms with E-state index in [4.69, 9.17) is 0 Å². The molecule has 2 aromatic rings. The van der Waals surface area contributed by atoms with Gasteiger partial charge in [0, 0.05) is 13.6 Å². The largest absolute Gasteiger partial charge is 0.406 e. The summed E-state index contributed by atoms with van der Waals surface area (Å²) in [5.74, 6) is 0.0112. The van der Waals surface area contributed by atoms with Crippen LogP contribution in [0.15, 0.2) is 15.9 Å². The summed E-state index contributed by atoms with van der Waals surface area (Å²) in [7, 11) is 1.39. The van der Waals surface area contributed by atoms with Crippen molar-refractivity contribution in [2.24, 2.45) is 13.0 Å². The van der Waals surface area contributed by atoms with Crippen LogP contribution < -0.4 is 11.2 Å². The topological polar surface area (TPSA) is 82.0 Å². The van der Waals surface area contributed by atoms with Crippen molar-refractivity contribution in [3.05, 3.63) is 27.2 Å². The van der Waals surface area contributed by atoms with E-state index < -0.39 is 29.6 Å². The molecule has 0 aromatic carbocycles. The normalized spacial score (nSPS) is 24.3. The predicted molar refractivity (Wildman–Crippen MR) is 87.9 cm³/mol. The number of fused-ring (bicyclic) bond motifs is 1. The highest BCUT2D eigenvalue weighted by Crippen LogP contribution is 2.32. The van der Waals surface area contributed by atoms with Crippen LogP contribution in [0.5, 0.6) is 0 Å². The van der Waals surface area contributed by atoms with Crippen molar-refractivity contribution in [3.8, 4) is 0 Å². The molecule has 0 spiro atoms. The lowest BCUT2D eigenvalue weighted by Crippen LogP contribution is -2.42. The van der Waals surface area contributed by atoms with E-state index >= 15 is 0 Å². The highest BCUT2D eigenvalue weighted by Gasteiger charge is 2.31. The molecule has 1 aliphatic carbocycles. The van der Waals surface area contributed by atoms with Crippen molar-refractivity contribution >= 4 is 11.2 Å². The van der Waals surface area contributed by atoms with E-state index in [1.54, 1.807) is 6.92 Å². The molecule has 0 atom stereocenters. The highest BCUT2D eigenvalue weighted by atomic mass is 19.4. The number of aromatic nitrogens is 4. The summed E-state index contributed by atoms with van der Waals surface area (Å²) in [6.07, 6.45) is -1.18. The fourth-order valence-electron chi connectivity index (χ4n) is 3.54. The standard InChI is InChI=1S/C16H21F3N4O3/c1-15(26)5-3-10(4-6-15)7-23-13(24)11-12(21(2)14(23)25)20-9-22(11)8-16(17,18)19/h9-10,26H,3-8H2,1-2H3/t10-,15+. The van der Waals surface area contributed by atoms with Crippen LogP contribution in [0.4, 0.5) is 13.2 Å². The Labute approximate surface area is 146 Å². The van der Waals surface area contributed by atoms with Gasteiger partial charge in [0.1, 0.15) is 6.54 Å². The van der Waals surface area contributed by atoms with Crippen molar-refractivity contribution in [3.63, 3.8) is 0 Å². The third-order valence-corrected chi connectivity index (χ3v) is 5.07. The minimum atomic E-state index is -4.51. The summed E-state index contributed by atoms with van der Waals surface area (Å²) >= 11 is 0. The van der Waals surface area contributed by atoms with E-state index in [2.05, 4.69) is 4.98 Å². The number of rotatable bonds is 3. The van der Waals surface area contributed by atoms with Crippen molar-refractivity contribution in [1.82, 2.24) is 18.7 Å². The molecule has 2 aromatic heterocycles. The fourth-order valence-corrected chi connectivity index (χ4v) is 3.54. The summed E-state index contributed by atoms with van der Waals surface area (Å²) < 4.78 is 41.1. The molecule has 0 radical (unpaired) electrons. The quantitative estimate of drug-likeness (QED) is 0.881. The maximum Gasteiger partial charge on any atom is 0.406 e. The van der Waals surface area contributed by atoms with Gasteiger partial charge in [-0.05, 0) is 38.5 Å². The maximum absolute atomic E-state index is 12.8. The Kier molecular flexibility index (Phi) is 4.50. The van der Waals surface area contributed by atoms with E-state index in [1.807, 2.05) is 0 Å². The number of halogens is 3. The third kappa shape index (κ3) is 3.55. The molecule has 2 heterocycles. The molecule has 0 amide bonds. The van der Waals surface area contributed by atoms with Gasteiger partial charge in [0.2, 0.25) is 0 Å². The fraction of sp³-hybridized carbons (Fsp3) is 0.688. The second-order valence-corrected chi connectivity index (χ2v) is 7.36. The Bertz CT molecular complexity index is 929. The molecule has 144 valence electrons. The van der Waals surface area contributed by atoms with E-state index in [0.29, 0.717) is 25.7 Å². The Morgan fingerprint density at radius 2 is 1.92 bits per heavy atom. The van der Waals surface area contributed by atoms with Crippen LogP contribution in [-0.4, -0.2) is 35.6 Å². The molecule has 1 N–H and O–H groups in total. The minimum Gasteiger partial charge on any atom is -0.390 e. The van der Waals surface area contributed by atoms with Gasteiger partial charge in [0.15, 0.2) is 11.2 Å². The van der Waals surface area contributed by atoms with Crippen molar-refractivity contribution < 1.29 is 18.3 Å². The number of nitrogens with zero attached hydrogens (tertiary/aromatic N) is 4. The first-order chi connectivity index (χ1) is 12.0. The molecule has 0 saturated heterocycles. The van der Waals surface area contributed by atoms with Crippen molar-refractivity contribution in [2.45, 2.75) is 57.5 Å². The molecule has 7 nitrogen and oxygen atoms in total. The van der Waals surface area contributed by atoms with Gasteiger partial charge in [0.25, 0.3) is 5.56 Å². The van der Waals surface area contributed by atoms with Gasteiger partial charge in [-0.3, -0.25) is 13.9 Å². The second-order valence-electron chi connectivity index (χ2n) is 7.36. The van der Waals surface area contributed by atoms with Crippen LogP contribution in [-0.2, 0) is 20.1 Å². The van der Waals surface area contributed by atoms with Crippen molar-refractivity contribution in [2.75, 3.05) is 0 Å². The van der Waals surface area contributed by atoms with Gasteiger partial charge >= 0.3 is 11.9 Å². The van der Waals surface area contributed by atoms with Crippen LogP contribution >= 0.6 is 0 Å². The zero-order valence-electron chi connectivity index (χ0n) is 14.6. The number of aliphatic hydroxyl groups is 1. The summed E-state index contributed by atoms with van der Waals surface area (Å²) in [6.45, 7) is 0.522. The SMILES string of the molecule is Cn1c(=O)n(C[C@H]2CC[C@@](C)(O)CC2)c(=O)c2c1ncn2CC(F)(F)F. The van der Waals surface area contributed by atoms with E-state index in [1.165, 1.54) is 7.05 Å². The predicted octanol–water partition coefficient (Wildman–Crippen LogP) is 1.40. The van der Waals surface area contributed by atoms with E-state index in [9.17, 15) is 27.9 Å². The van der Waals surface area contributed by atoms with Gasteiger partial charge in [-0.1, -0.05) is 0 Å². The molecule has 0 bridgehead atoms. The first-order valence-electron chi connectivity index (χ1n) is 8.42. The van der Waals surface area contributed by atoms with Crippen LogP contribution in [0.25, 0.3) is 11.2 Å². The van der Waals surface area contributed by atoms with Crippen molar-refractivity contribution in [1.29, 1.82) is 0 Å². The summed E-state index contributed by atoms with van der Waals surface area (Å²) in [5, 5.41) is 10.0. The lowest BCUT2D eigenvalue weighted by Gasteiger charge is -2.33. The summed E-state index contributed by atoms with van der Waals surface area (Å²) in [4.78, 5) is 29.1. The number of imidazole rings is 1. The Hall–Kier alpha value is -2.10. The van der Waals surface area contributed by atoms with Gasteiger partial charge in [-0.25, -0.2) is 9.78 Å². The molecule has 10 heteroatoms. The molecule has 3 rings (SSSR count). The second kappa shape index (κ2) is 6.26. The minimum absolute atomic E-state index is 0.0112. The average molecular weight is 374 g/mol. The van der Waals surface area contributed by atoms with Gasteiger partial charge in [0.05, 0.1) is 11.9 Å². The van der Waals surface area contributed by atoms with Gasteiger partial charge < -0.3 is 9.67 Å².